The molecule has 0 spiro atoms. The number of benzene rings is 2. The zero-order chi connectivity index (χ0) is 19.8. The van der Waals surface area contributed by atoms with Crippen LogP contribution in [-0.4, -0.2) is 15.7 Å². The maximum atomic E-state index is 13.1. The Morgan fingerprint density at radius 3 is 2.82 bits per heavy atom. The summed E-state index contributed by atoms with van der Waals surface area (Å²) in [6.07, 6.45) is 0. The fourth-order valence-corrected chi connectivity index (χ4v) is 4.82. The topological polar surface area (TPSA) is 64.0 Å². The molecular formula is C21H18BrN3O2S. The van der Waals surface area contributed by atoms with Crippen molar-refractivity contribution in [3.05, 3.63) is 74.6 Å². The lowest BCUT2D eigenvalue weighted by Crippen LogP contribution is -2.37. The van der Waals surface area contributed by atoms with E-state index in [2.05, 4.69) is 26.3 Å². The maximum absolute atomic E-state index is 13.1. The van der Waals surface area contributed by atoms with Gasteiger partial charge in [-0.1, -0.05) is 46.3 Å². The summed E-state index contributed by atoms with van der Waals surface area (Å²) in [6.45, 7) is 3.96. The van der Waals surface area contributed by atoms with E-state index in [1.54, 1.807) is 18.3 Å². The van der Waals surface area contributed by atoms with Crippen molar-refractivity contribution in [2.75, 3.05) is 0 Å². The van der Waals surface area contributed by atoms with Crippen LogP contribution in [0.4, 0.5) is 0 Å². The number of aryl methyl sites for hydroxylation is 1. The van der Waals surface area contributed by atoms with E-state index >= 15 is 0 Å². The molecule has 0 saturated carbocycles. The third-order valence-corrected chi connectivity index (χ3v) is 6.48. The SMILES string of the molecule is Cc1nn([C@H](C)C(=O)NCc2cccc(Br)c2)c(=O)c2c1sc1ccccc12. The Morgan fingerprint density at radius 1 is 1.25 bits per heavy atom. The molecule has 1 N–H and O–H groups in total. The molecular weight excluding hydrogens is 438 g/mol. The highest BCUT2D eigenvalue weighted by Crippen LogP contribution is 2.32. The Morgan fingerprint density at radius 2 is 2.04 bits per heavy atom. The molecule has 0 aliphatic heterocycles. The molecule has 7 heteroatoms. The van der Waals surface area contributed by atoms with E-state index in [0.29, 0.717) is 11.9 Å². The van der Waals surface area contributed by atoms with Gasteiger partial charge in [-0.2, -0.15) is 5.10 Å². The van der Waals surface area contributed by atoms with Gasteiger partial charge in [0.1, 0.15) is 6.04 Å². The predicted octanol–water partition coefficient (Wildman–Crippen LogP) is 4.56. The average molecular weight is 456 g/mol. The summed E-state index contributed by atoms with van der Waals surface area (Å²) in [7, 11) is 0. The lowest BCUT2D eigenvalue weighted by Gasteiger charge is -2.15. The second-order valence-corrected chi connectivity index (χ2v) is 8.63. The minimum absolute atomic E-state index is 0.233. The molecule has 0 radical (unpaired) electrons. The molecule has 4 aromatic rings. The molecule has 0 aliphatic rings. The fourth-order valence-electron chi connectivity index (χ4n) is 3.24. The molecule has 28 heavy (non-hydrogen) atoms. The highest BCUT2D eigenvalue weighted by molar-refractivity contribution is 9.10. The molecule has 2 aromatic heterocycles. The first-order chi connectivity index (χ1) is 13.5. The number of aromatic nitrogens is 2. The number of thiophene rings is 1. The molecule has 2 aromatic carbocycles. The maximum Gasteiger partial charge on any atom is 0.276 e. The summed E-state index contributed by atoms with van der Waals surface area (Å²) < 4.78 is 4.18. The zero-order valence-corrected chi connectivity index (χ0v) is 17.8. The van der Waals surface area contributed by atoms with Crippen LogP contribution < -0.4 is 10.9 Å². The van der Waals surface area contributed by atoms with E-state index in [1.165, 1.54) is 4.68 Å². The monoisotopic (exact) mass is 455 g/mol. The summed E-state index contributed by atoms with van der Waals surface area (Å²) in [6, 6.07) is 14.8. The van der Waals surface area contributed by atoms with Crippen LogP contribution in [0.15, 0.2) is 57.8 Å². The highest BCUT2D eigenvalue weighted by Gasteiger charge is 2.21. The number of carbonyl (C=O) groups excluding carboxylic acids is 1. The number of nitrogens with zero attached hydrogens (tertiary/aromatic N) is 2. The molecule has 2 heterocycles. The van der Waals surface area contributed by atoms with Gasteiger partial charge in [0.2, 0.25) is 5.91 Å². The van der Waals surface area contributed by atoms with Crippen molar-refractivity contribution in [2.24, 2.45) is 0 Å². The van der Waals surface area contributed by atoms with Gasteiger partial charge in [0.05, 0.1) is 15.8 Å². The number of nitrogens with one attached hydrogen (secondary N) is 1. The van der Waals surface area contributed by atoms with Crippen LogP contribution >= 0.6 is 27.3 Å². The number of hydrogen-bond acceptors (Lipinski definition) is 4. The molecule has 0 bridgehead atoms. The molecule has 0 unspecified atom stereocenters. The summed E-state index contributed by atoms with van der Waals surface area (Å²) in [5, 5.41) is 8.88. The molecule has 1 atom stereocenters. The summed E-state index contributed by atoms with van der Waals surface area (Å²) in [4.78, 5) is 25.8. The molecule has 0 saturated heterocycles. The summed E-state index contributed by atoms with van der Waals surface area (Å²) in [5.74, 6) is -0.243. The number of rotatable bonds is 4. The molecule has 1 amide bonds. The lowest BCUT2D eigenvalue weighted by atomic mass is 10.2. The normalized spacial score (nSPS) is 12.4. The predicted molar refractivity (Wildman–Crippen MR) is 117 cm³/mol. The van der Waals surface area contributed by atoms with Gasteiger partial charge in [0, 0.05) is 21.1 Å². The van der Waals surface area contributed by atoms with E-state index in [4.69, 9.17) is 0 Å². The second kappa shape index (κ2) is 7.48. The van der Waals surface area contributed by atoms with Gasteiger partial charge in [-0.25, -0.2) is 4.68 Å². The molecule has 0 aliphatic carbocycles. The molecule has 5 nitrogen and oxygen atoms in total. The van der Waals surface area contributed by atoms with Crippen molar-refractivity contribution in [1.29, 1.82) is 0 Å². The first-order valence-corrected chi connectivity index (χ1v) is 10.5. The van der Waals surface area contributed by atoms with Crippen LogP contribution in [0.1, 0.15) is 24.2 Å². The van der Waals surface area contributed by atoms with Gasteiger partial charge in [-0.15, -0.1) is 11.3 Å². The number of carbonyl (C=O) groups is 1. The number of halogens is 1. The average Bonchev–Trinajstić information content (AvgIpc) is 3.09. The Hall–Kier alpha value is -2.51. The largest absolute Gasteiger partial charge is 0.350 e. The van der Waals surface area contributed by atoms with Gasteiger partial charge < -0.3 is 5.32 Å². The number of fused-ring (bicyclic) bond motifs is 3. The Labute approximate surface area is 174 Å². The second-order valence-electron chi connectivity index (χ2n) is 6.66. The lowest BCUT2D eigenvalue weighted by molar-refractivity contribution is -0.124. The fraction of sp³-hybridized carbons (Fsp3) is 0.190. The van der Waals surface area contributed by atoms with Gasteiger partial charge >= 0.3 is 0 Å². The summed E-state index contributed by atoms with van der Waals surface area (Å²) in [5.41, 5.74) is 1.50. The Kier molecular flexibility index (Phi) is 5.03. The van der Waals surface area contributed by atoms with Crippen LogP contribution in [0.3, 0.4) is 0 Å². The van der Waals surface area contributed by atoms with Gasteiger partial charge in [0.15, 0.2) is 0 Å². The van der Waals surface area contributed by atoms with Crippen LogP contribution in [0.25, 0.3) is 20.2 Å². The van der Waals surface area contributed by atoms with Crippen molar-refractivity contribution in [3.8, 4) is 0 Å². The standard InChI is InChI=1S/C21H18BrN3O2S/c1-12-19-18(16-8-3-4-9-17(16)28-19)21(27)25(24-12)13(2)20(26)23-11-14-6-5-7-15(22)10-14/h3-10,13H,11H2,1-2H3,(H,23,26)/t13-/m1/s1. The minimum atomic E-state index is -0.707. The van der Waals surface area contributed by atoms with Crippen LogP contribution in [0, 0.1) is 6.92 Å². The first kappa shape index (κ1) is 18.8. The number of amides is 1. The summed E-state index contributed by atoms with van der Waals surface area (Å²) >= 11 is 4.98. The van der Waals surface area contributed by atoms with E-state index in [0.717, 1.165) is 30.5 Å². The van der Waals surface area contributed by atoms with E-state index in [9.17, 15) is 9.59 Å². The van der Waals surface area contributed by atoms with Crippen molar-refractivity contribution >= 4 is 53.3 Å². The molecule has 4 rings (SSSR count). The quantitative estimate of drug-likeness (QED) is 0.490. The third kappa shape index (κ3) is 3.36. The van der Waals surface area contributed by atoms with Crippen LogP contribution in [0.2, 0.25) is 0 Å². The van der Waals surface area contributed by atoms with Crippen molar-refractivity contribution < 1.29 is 4.79 Å². The Bertz CT molecular complexity index is 1260. The zero-order valence-electron chi connectivity index (χ0n) is 15.4. The van der Waals surface area contributed by atoms with Crippen LogP contribution in [-0.2, 0) is 11.3 Å². The van der Waals surface area contributed by atoms with Gasteiger partial charge in [-0.3, -0.25) is 9.59 Å². The smallest absolute Gasteiger partial charge is 0.276 e. The number of hydrogen-bond donors (Lipinski definition) is 1. The Balaban J connectivity index is 1.68. The van der Waals surface area contributed by atoms with E-state index < -0.39 is 6.04 Å². The van der Waals surface area contributed by atoms with Crippen molar-refractivity contribution in [3.63, 3.8) is 0 Å². The van der Waals surface area contributed by atoms with Crippen LogP contribution in [0.5, 0.6) is 0 Å². The van der Waals surface area contributed by atoms with E-state index in [1.807, 2.05) is 55.5 Å². The minimum Gasteiger partial charge on any atom is -0.350 e. The van der Waals surface area contributed by atoms with Gasteiger partial charge in [0.25, 0.3) is 5.56 Å². The molecule has 0 fully saturated rings. The first-order valence-electron chi connectivity index (χ1n) is 8.88. The van der Waals surface area contributed by atoms with Gasteiger partial charge in [-0.05, 0) is 37.6 Å². The molecule has 142 valence electrons. The van der Waals surface area contributed by atoms with Crippen molar-refractivity contribution in [1.82, 2.24) is 15.1 Å². The van der Waals surface area contributed by atoms with Crippen molar-refractivity contribution in [2.45, 2.75) is 26.4 Å². The highest BCUT2D eigenvalue weighted by atomic mass is 79.9. The van der Waals surface area contributed by atoms with E-state index in [-0.39, 0.29) is 11.5 Å². The third-order valence-electron chi connectivity index (χ3n) is 4.71.